The first-order chi connectivity index (χ1) is 8.82. The lowest BCUT2D eigenvalue weighted by molar-refractivity contribution is -0.483. The Morgan fingerprint density at radius 2 is 2.00 bits per heavy atom. The van der Waals surface area contributed by atoms with Crippen molar-refractivity contribution >= 4 is 11.7 Å². The quantitative estimate of drug-likeness (QED) is 0.559. The molecule has 0 heterocycles. The normalized spacial score (nSPS) is 13.5. The Hall–Kier alpha value is -2.55. The van der Waals surface area contributed by atoms with Gasteiger partial charge in [0.25, 0.3) is 5.69 Å². The zero-order valence-electron chi connectivity index (χ0n) is 9.63. The van der Waals surface area contributed by atoms with Crippen molar-refractivity contribution in [3.63, 3.8) is 0 Å². The number of nitro groups is 2. The van der Waals surface area contributed by atoms with Crippen LogP contribution in [0.4, 0.5) is 5.69 Å². The number of aliphatic carboxylic acids is 1. The van der Waals surface area contributed by atoms with Crippen LogP contribution in [0.25, 0.3) is 0 Å². The molecule has 9 heteroatoms. The fourth-order valence-corrected chi connectivity index (χ4v) is 1.63. The molecule has 0 radical (unpaired) electrons. The molecule has 1 rings (SSSR count). The Morgan fingerprint density at radius 1 is 1.37 bits per heavy atom. The predicted molar refractivity (Wildman–Crippen MR) is 63.3 cm³/mol. The van der Waals surface area contributed by atoms with Gasteiger partial charge in [-0.1, -0.05) is 12.1 Å². The Bertz CT molecular complexity index is 518. The van der Waals surface area contributed by atoms with E-state index in [0.717, 1.165) is 6.07 Å². The van der Waals surface area contributed by atoms with Gasteiger partial charge in [-0.05, 0) is 5.56 Å². The van der Waals surface area contributed by atoms with E-state index in [1.807, 2.05) is 0 Å². The molecular formula is C10H11N3O6. The summed E-state index contributed by atoms with van der Waals surface area (Å²) in [5.74, 6) is -2.54. The summed E-state index contributed by atoms with van der Waals surface area (Å²) in [6.45, 7) is -0.714. The van der Waals surface area contributed by atoms with Crippen LogP contribution in [0.1, 0.15) is 11.5 Å². The highest BCUT2D eigenvalue weighted by Gasteiger charge is 2.31. The first-order valence-corrected chi connectivity index (χ1v) is 5.17. The Labute approximate surface area is 106 Å². The molecule has 0 fully saturated rings. The summed E-state index contributed by atoms with van der Waals surface area (Å²) >= 11 is 0. The van der Waals surface area contributed by atoms with E-state index in [-0.39, 0.29) is 11.3 Å². The van der Waals surface area contributed by atoms with Gasteiger partial charge in [-0.2, -0.15) is 0 Å². The minimum atomic E-state index is -1.51. The zero-order valence-corrected chi connectivity index (χ0v) is 9.63. The summed E-state index contributed by atoms with van der Waals surface area (Å²) in [6, 6.07) is 3.50. The SMILES string of the molecule is N[C@H](C(=O)O)[C@H](C[N+](=O)[O-])c1cccc([N+](=O)[O-])c1. The predicted octanol–water partition coefficient (Wildman–Crippen LogP) is 0.367. The van der Waals surface area contributed by atoms with E-state index < -0.39 is 34.3 Å². The highest BCUT2D eigenvalue weighted by Crippen LogP contribution is 2.23. The van der Waals surface area contributed by atoms with Crippen molar-refractivity contribution in [3.8, 4) is 0 Å². The van der Waals surface area contributed by atoms with E-state index in [4.69, 9.17) is 10.8 Å². The second-order valence-corrected chi connectivity index (χ2v) is 3.84. The largest absolute Gasteiger partial charge is 0.480 e. The van der Waals surface area contributed by atoms with Crippen LogP contribution in [-0.4, -0.2) is 33.5 Å². The number of carbonyl (C=O) groups is 1. The molecule has 0 bridgehead atoms. The highest BCUT2D eigenvalue weighted by atomic mass is 16.6. The summed E-state index contributed by atoms with van der Waals surface area (Å²) in [5, 5.41) is 30.0. The zero-order chi connectivity index (χ0) is 14.6. The van der Waals surface area contributed by atoms with Crippen molar-refractivity contribution in [2.24, 2.45) is 5.73 Å². The molecule has 3 N–H and O–H groups in total. The minimum Gasteiger partial charge on any atom is -0.480 e. The number of hydrogen-bond acceptors (Lipinski definition) is 6. The summed E-state index contributed by atoms with van der Waals surface area (Å²) in [5.41, 5.74) is 5.27. The van der Waals surface area contributed by atoms with Crippen molar-refractivity contribution in [1.29, 1.82) is 0 Å². The van der Waals surface area contributed by atoms with Gasteiger partial charge in [0.2, 0.25) is 6.54 Å². The monoisotopic (exact) mass is 269 g/mol. The molecule has 0 saturated heterocycles. The van der Waals surface area contributed by atoms with Gasteiger partial charge in [0, 0.05) is 17.1 Å². The topological polar surface area (TPSA) is 150 Å². The third-order valence-corrected chi connectivity index (χ3v) is 2.57. The fraction of sp³-hybridized carbons (Fsp3) is 0.300. The summed E-state index contributed by atoms with van der Waals surface area (Å²) in [4.78, 5) is 30.6. The molecule has 19 heavy (non-hydrogen) atoms. The van der Waals surface area contributed by atoms with Crippen molar-refractivity contribution < 1.29 is 19.7 Å². The Balaban J connectivity index is 3.16. The number of hydrogen-bond donors (Lipinski definition) is 2. The number of nitrogens with zero attached hydrogens (tertiary/aromatic N) is 2. The van der Waals surface area contributed by atoms with Crippen molar-refractivity contribution in [2.75, 3.05) is 6.54 Å². The van der Waals surface area contributed by atoms with Crippen LogP contribution in [0.2, 0.25) is 0 Å². The molecule has 2 atom stereocenters. The second-order valence-electron chi connectivity index (χ2n) is 3.84. The lowest BCUT2D eigenvalue weighted by Crippen LogP contribution is -2.39. The number of rotatable bonds is 6. The maximum absolute atomic E-state index is 10.8. The first-order valence-electron chi connectivity index (χ1n) is 5.17. The molecular weight excluding hydrogens is 258 g/mol. The van der Waals surface area contributed by atoms with Gasteiger partial charge in [0.15, 0.2) is 0 Å². The molecule has 0 amide bonds. The Kier molecular flexibility index (Phi) is 4.48. The average molecular weight is 269 g/mol. The molecule has 0 aliphatic heterocycles. The molecule has 0 aromatic heterocycles. The third kappa shape index (κ3) is 3.71. The molecule has 1 aromatic rings. The number of non-ortho nitro benzene ring substituents is 1. The number of benzene rings is 1. The average Bonchev–Trinajstić information content (AvgIpc) is 2.34. The van der Waals surface area contributed by atoms with Crippen molar-refractivity contribution in [3.05, 3.63) is 50.1 Å². The van der Waals surface area contributed by atoms with Gasteiger partial charge in [0.1, 0.15) is 6.04 Å². The maximum atomic E-state index is 10.8. The standard InChI is InChI=1S/C10H11N3O6/c11-9(10(14)15)8(5-12(16)17)6-2-1-3-7(4-6)13(18)19/h1-4,8-9H,5,11H2,(H,14,15)/t8-,9+/m1/s1. The number of carboxylic acid groups (broad SMARTS) is 1. The van der Waals surface area contributed by atoms with Gasteiger partial charge >= 0.3 is 5.97 Å². The smallest absolute Gasteiger partial charge is 0.321 e. The third-order valence-electron chi connectivity index (χ3n) is 2.57. The Morgan fingerprint density at radius 3 is 2.47 bits per heavy atom. The molecule has 0 saturated carbocycles. The first kappa shape index (κ1) is 14.5. The molecule has 0 aliphatic rings. The fourth-order valence-electron chi connectivity index (χ4n) is 1.63. The van der Waals surface area contributed by atoms with E-state index in [2.05, 4.69) is 0 Å². The van der Waals surface area contributed by atoms with Gasteiger partial charge in [-0.25, -0.2) is 0 Å². The van der Waals surface area contributed by atoms with Crippen LogP contribution in [0.5, 0.6) is 0 Å². The summed E-state index contributed by atoms with van der Waals surface area (Å²) < 4.78 is 0. The summed E-state index contributed by atoms with van der Waals surface area (Å²) in [7, 11) is 0. The number of nitro benzene ring substituents is 1. The molecule has 0 unspecified atom stereocenters. The molecule has 1 aromatic carbocycles. The van der Waals surface area contributed by atoms with Crippen LogP contribution < -0.4 is 5.73 Å². The van der Waals surface area contributed by atoms with Crippen LogP contribution in [0, 0.1) is 20.2 Å². The number of nitrogens with two attached hydrogens (primary N) is 1. The van der Waals surface area contributed by atoms with Crippen LogP contribution in [0.15, 0.2) is 24.3 Å². The van der Waals surface area contributed by atoms with Crippen LogP contribution in [0.3, 0.4) is 0 Å². The van der Waals surface area contributed by atoms with Crippen molar-refractivity contribution in [1.82, 2.24) is 0 Å². The van der Waals surface area contributed by atoms with Gasteiger partial charge in [-0.15, -0.1) is 0 Å². The minimum absolute atomic E-state index is 0.154. The lowest BCUT2D eigenvalue weighted by atomic mass is 9.91. The van der Waals surface area contributed by atoms with Gasteiger partial charge in [-0.3, -0.25) is 25.0 Å². The molecule has 0 aliphatic carbocycles. The van der Waals surface area contributed by atoms with Crippen molar-refractivity contribution in [2.45, 2.75) is 12.0 Å². The molecule has 102 valence electrons. The number of carboxylic acids is 1. The van der Waals surface area contributed by atoms with Crippen LogP contribution >= 0.6 is 0 Å². The van der Waals surface area contributed by atoms with E-state index >= 15 is 0 Å². The molecule has 9 nitrogen and oxygen atoms in total. The molecule has 0 spiro atoms. The highest BCUT2D eigenvalue weighted by molar-refractivity contribution is 5.74. The van der Waals surface area contributed by atoms with E-state index in [0.29, 0.717) is 0 Å². The maximum Gasteiger partial charge on any atom is 0.321 e. The van der Waals surface area contributed by atoms with E-state index in [1.165, 1.54) is 18.2 Å². The van der Waals surface area contributed by atoms with Gasteiger partial charge < -0.3 is 10.8 Å². The lowest BCUT2D eigenvalue weighted by Gasteiger charge is -2.17. The second kappa shape index (κ2) is 5.87. The van der Waals surface area contributed by atoms with Gasteiger partial charge in [0.05, 0.1) is 10.8 Å². The van der Waals surface area contributed by atoms with E-state index in [1.54, 1.807) is 0 Å². The van der Waals surface area contributed by atoms with Crippen LogP contribution in [-0.2, 0) is 4.79 Å². The van der Waals surface area contributed by atoms with E-state index in [9.17, 15) is 25.0 Å². The summed E-state index contributed by atoms with van der Waals surface area (Å²) in [6.07, 6.45) is 0.